The zero-order valence-corrected chi connectivity index (χ0v) is 11.9. The third-order valence-corrected chi connectivity index (χ3v) is 4.62. The highest BCUT2D eigenvalue weighted by molar-refractivity contribution is 6.42. The molecule has 1 atom stereocenters. The zero-order valence-electron chi connectivity index (χ0n) is 10.4. The van der Waals surface area contributed by atoms with E-state index in [1.807, 2.05) is 12.1 Å². The van der Waals surface area contributed by atoms with Crippen LogP contribution >= 0.6 is 23.2 Å². The van der Waals surface area contributed by atoms with Gasteiger partial charge in [0.05, 0.1) is 15.6 Å². The molecular formula is C14H17Cl2NO. The van der Waals surface area contributed by atoms with Crippen LogP contribution in [0.4, 0.5) is 0 Å². The highest BCUT2D eigenvalue weighted by Crippen LogP contribution is 2.30. The van der Waals surface area contributed by atoms with Gasteiger partial charge in [0.15, 0.2) is 5.78 Å². The molecule has 0 saturated carbocycles. The molecule has 0 aromatic heterocycles. The Kier molecular flexibility index (Phi) is 4.31. The SMILES string of the molecule is CCC1(C(=O)Cc2cccc(Cl)c2Cl)CCCN1. The van der Waals surface area contributed by atoms with Gasteiger partial charge in [-0.25, -0.2) is 0 Å². The zero-order chi connectivity index (χ0) is 13.2. The van der Waals surface area contributed by atoms with Gasteiger partial charge in [0.2, 0.25) is 0 Å². The fourth-order valence-corrected chi connectivity index (χ4v) is 2.96. The van der Waals surface area contributed by atoms with E-state index in [0.717, 1.165) is 31.4 Å². The predicted octanol–water partition coefficient (Wildman–Crippen LogP) is 3.64. The number of benzene rings is 1. The van der Waals surface area contributed by atoms with Gasteiger partial charge >= 0.3 is 0 Å². The number of nitrogens with one attached hydrogen (secondary N) is 1. The Morgan fingerprint density at radius 3 is 2.83 bits per heavy atom. The van der Waals surface area contributed by atoms with Crippen molar-refractivity contribution >= 4 is 29.0 Å². The number of hydrogen-bond donors (Lipinski definition) is 1. The van der Waals surface area contributed by atoms with E-state index in [2.05, 4.69) is 12.2 Å². The van der Waals surface area contributed by atoms with E-state index in [-0.39, 0.29) is 11.3 Å². The van der Waals surface area contributed by atoms with Gasteiger partial charge in [-0.3, -0.25) is 4.79 Å². The second kappa shape index (κ2) is 5.60. The van der Waals surface area contributed by atoms with E-state index in [1.54, 1.807) is 6.07 Å². The van der Waals surface area contributed by atoms with Crippen molar-refractivity contribution in [2.75, 3.05) is 6.54 Å². The minimum Gasteiger partial charge on any atom is -0.305 e. The number of rotatable bonds is 4. The number of Topliss-reactive ketones (excluding diaryl/α,β-unsaturated/α-hetero) is 1. The Labute approximate surface area is 118 Å². The highest BCUT2D eigenvalue weighted by atomic mass is 35.5. The van der Waals surface area contributed by atoms with Crippen LogP contribution in [0.1, 0.15) is 31.7 Å². The first-order valence-electron chi connectivity index (χ1n) is 6.30. The van der Waals surface area contributed by atoms with Gasteiger partial charge in [0, 0.05) is 6.42 Å². The first-order valence-corrected chi connectivity index (χ1v) is 7.06. The summed E-state index contributed by atoms with van der Waals surface area (Å²) < 4.78 is 0. The maximum atomic E-state index is 12.5. The van der Waals surface area contributed by atoms with Crippen LogP contribution in [0.5, 0.6) is 0 Å². The summed E-state index contributed by atoms with van der Waals surface area (Å²) in [5.74, 6) is 0.215. The van der Waals surface area contributed by atoms with Crippen molar-refractivity contribution in [3.05, 3.63) is 33.8 Å². The molecule has 1 aliphatic rings. The van der Waals surface area contributed by atoms with Crippen molar-refractivity contribution in [3.8, 4) is 0 Å². The Morgan fingerprint density at radius 2 is 2.22 bits per heavy atom. The van der Waals surface area contributed by atoms with Gasteiger partial charge in [0.25, 0.3) is 0 Å². The van der Waals surface area contributed by atoms with E-state index in [1.165, 1.54) is 0 Å². The fourth-order valence-electron chi connectivity index (χ4n) is 2.57. The topological polar surface area (TPSA) is 29.1 Å². The number of halogens is 2. The summed E-state index contributed by atoms with van der Waals surface area (Å²) in [5.41, 5.74) is 0.460. The maximum Gasteiger partial charge on any atom is 0.157 e. The van der Waals surface area contributed by atoms with Crippen molar-refractivity contribution < 1.29 is 4.79 Å². The molecule has 0 spiro atoms. The quantitative estimate of drug-likeness (QED) is 0.915. The fraction of sp³-hybridized carbons (Fsp3) is 0.500. The van der Waals surface area contributed by atoms with E-state index < -0.39 is 0 Å². The molecule has 18 heavy (non-hydrogen) atoms. The predicted molar refractivity (Wildman–Crippen MR) is 75.4 cm³/mol. The lowest BCUT2D eigenvalue weighted by Crippen LogP contribution is -2.47. The summed E-state index contributed by atoms with van der Waals surface area (Å²) in [4.78, 5) is 12.5. The van der Waals surface area contributed by atoms with Gasteiger partial charge < -0.3 is 5.32 Å². The molecule has 1 fully saturated rings. The van der Waals surface area contributed by atoms with Crippen LogP contribution in [0.2, 0.25) is 10.0 Å². The van der Waals surface area contributed by atoms with Gasteiger partial charge in [-0.05, 0) is 37.4 Å². The van der Waals surface area contributed by atoms with Gasteiger partial charge in [-0.1, -0.05) is 42.3 Å². The average molecular weight is 286 g/mol. The third kappa shape index (κ3) is 2.56. The van der Waals surface area contributed by atoms with Crippen LogP contribution in [0.15, 0.2) is 18.2 Å². The molecule has 1 aromatic carbocycles. The summed E-state index contributed by atoms with van der Waals surface area (Å²) in [6.45, 7) is 2.97. The van der Waals surface area contributed by atoms with Crippen molar-refractivity contribution in [3.63, 3.8) is 0 Å². The summed E-state index contributed by atoms with van der Waals surface area (Å²) in [7, 11) is 0. The molecule has 1 saturated heterocycles. The molecule has 2 nitrogen and oxygen atoms in total. The Bertz CT molecular complexity index is 453. The number of ketones is 1. The highest BCUT2D eigenvalue weighted by Gasteiger charge is 2.38. The Balaban J connectivity index is 2.18. The lowest BCUT2D eigenvalue weighted by molar-refractivity contribution is -0.124. The molecular weight excluding hydrogens is 269 g/mol. The molecule has 0 radical (unpaired) electrons. The lowest BCUT2D eigenvalue weighted by Gasteiger charge is -2.26. The molecule has 1 heterocycles. The number of carbonyl (C=O) groups is 1. The van der Waals surface area contributed by atoms with Crippen LogP contribution in [0, 0.1) is 0 Å². The standard InChI is InChI=1S/C14H17Cl2NO/c1-2-14(7-4-8-17-14)12(18)9-10-5-3-6-11(15)13(10)16/h3,5-6,17H,2,4,7-9H2,1H3. The Morgan fingerprint density at radius 1 is 1.44 bits per heavy atom. The minimum absolute atomic E-state index is 0.215. The summed E-state index contributed by atoms with van der Waals surface area (Å²) in [6, 6.07) is 5.43. The van der Waals surface area contributed by atoms with E-state index in [4.69, 9.17) is 23.2 Å². The summed E-state index contributed by atoms with van der Waals surface area (Å²) >= 11 is 12.1. The van der Waals surface area contributed by atoms with Crippen LogP contribution in [-0.4, -0.2) is 17.9 Å². The number of carbonyl (C=O) groups excluding carboxylic acids is 1. The molecule has 0 amide bonds. The molecule has 1 N–H and O–H groups in total. The molecule has 1 unspecified atom stereocenters. The summed E-state index contributed by atoms with van der Waals surface area (Å²) in [5, 5.41) is 4.35. The second-order valence-electron chi connectivity index (χ2n) is 4.78. The van der Waals surface area contributed by atoms with Crippen LogP contribution in [0.3, 0.4) is 0 Å². The molecule has 1 aliphatic heterocycles. The smallest absolute Gasteiger partial charge is 0.157 e. The van der Waals surface area contributed by atoms with Crippen molar-refractivity contribution in [1.82, 2.24) is 5.32 Å². The van der Waals surface area contributed by atoms with Crippen LogP contribution in [-0.2, 0) is 11.2 Å². The van der Waals surface area contributed by atoms with Gasteiger partial charge in [0.1, 0.15) is 0 Å². The molecule has 4 heteroatoms. The minimum atomic E-state index is -0.356. The molecule has 2 rings (SSSR count). The van der Waals surface area contributed by atoms with Gasteiger partial charge in [-0.2, -0.15) is 0 Å². The van der Waals surface area contributed by atoms with Crippen molar-refractivity contribution in [1.29, 1.82) is 0 Å². The lowest BCUT2D eigenvalue weighted by atomic mass is 9.86. The molecule has 1 aromatic rings. The van der Waals surface area contributed by atoms with E-state index in [9.17, 15) is 4.79 Å². The van der Waals surface area contributed by atoms with Crippen molar-refractivity contribution in [2.24, 2.45) is 0 Å². The first-order chi connectivity index (χ1) is 8.59. The molecule has 98 valence electrons. The normalized spacial score (nSPS) is 23.3. The van der Waals surface area contributed by atoms with Crippen LogP contribution < -0.4 is 5.32 Å². The van der Waals surface area contributed by atoms with Crippen LogP contribution in [0.25, 0.3) is 0 Å². The average Bonchev–Trinajstić information content (AvgIpc) is 2.85. The maximum absolute atomic E-state index is 12.5. The monoisotopic (exact) mass is 285 g/mol. The molecule has 0 bridgehead atoms. The molecule has 0 aliphatic carbocycles. The van der Waals surface area contributed by atoms with E-state index in [0.29, 0.717) is 16.5 Å². The Hall–Kier alpha value is -0.570. The van der Waals surface area contributed by atoms with Crippen molar-refractivity contribution in [2.45, 2.75) is 38.1 Å². The van der Waals surface area contributed by atoms with Gasteiger partial charge in [-0.15, -0.1) is 0 Å². The largest absolute Gasteiger partial charge is 0.305 e. The third-order valence-electron chi connectivity index (χ3n) is 3.76. The first kappa shape index (κ1) is 13.9. The number of hydrogen-bond acceptors (Lipinski definition) is 2. The summed E-state index contributed by atoms with van der Waals surface area (Å²) in [6.07, 6.45) is 3.15. The van der Waals surface area contributed by atoms with E-state index >= 15 is 0 Å². The second-order valence-corrected chi connectivity index (χ2v) is 5.56.